The summed E-state index contributed by atoms with van der Waals surface area (Å²) < 4.78 is 5.16. The highest BCUT2D eigenvalue weighted by molar-refractivity contribution is 14.0. The lowest BCUT2D eigenvalue weighted by atomic mass is 9.86. The molecule has 164 valence electrons. The van der Waals surface area contributed by atoms with E-state index < -0.39 is 0 Å². The van der Waals surface area contributed by atoms with Gasteiger partial charge in [-0.25, -0.2) is 0 Å². The van der Waals surface area contributed by atoms with Gasteiger partial charge in [-0.3, -0.25) is 9.79 Å². The predicted molar refractivity (Wildman–Crippen MR) is 126 cm³/mol. The molecule has 2 aliphatic rings. The van der Waals surface area contributed by atoms with E-state index in [1.165, 1.54) is 38.9 Å². The van der Waals surface area contributed by atoms with Crippen molar-refractivity contribution in [1.29, 1.82) is 0 Å². The van der Waals surface area contributed by atoms with E-state index in [1.807, 2.05) is 6.92 Å². The number of nitrogens with one attached hydrogen (secondary N) is 2. The molecule has 0 unspecified atom stereocenters. The van der Waals surface area contributed by atoms with Gasteiger partial charge in [-0.2, -0.15) is 0 Å². The highest BCUT2D eigenvalue weighted by Gasteiger charge is 2.27. The number of piperidine rings is 1. The molecule has 0 spiro atoms. The van der Waals surface area contributed by atoms with Crippen molar-refractivity contribution in [3.8, 4) is 0 Å². The molecular formula is C21H41IN4O2. The fraction of sp³-hybridized carbons (Fsp3) is 0.905. The Balaban J connectivity index is 0.00000392. The van der Waals surface area contributed by atoms with Crippen LogP contribution in [-0.4, -0.2) is 62.2 Å². The van der Waals surface area contributed by atoms with Crippen molar-refractivity contribution < 1.29 is 9.53 Å². The second kappa shape index (κ2) is 14.4. The highest BCUT2D eigenvalue weighted by Crippen LogP contribution is 2.25. The maximum Gasteiger partial charge on any atom is 0.308 e. The number of guanidine groups is 1. The molecule has 0 bridgehead atoms. The van der Waals surface area contributed by atoms with Gasteiger partial charge in [-0.05, 0) is 84.3 Å². The first-order chi connectivity index (χ1) is 13.2. The normalized spacial score (nSPS) is 24.3. The topological polar surface area (TPSA) is 66.0 Å². The molecule has 1 saturated heterocycles. The minimum Gasteiger partial charge on any atom is -0.466 e. The largest absolute Gasteiger partial charge is 0.466 e. The van der Waals surface area contributed by atoms with Crippen LogP contribution in [0.5, 0.6) is 0 Å². The zero-order chi connectivity index (χ0) is 19.5. The van der Waals surface area contributed by atoms with Crippen molar-refractivity contribution in [1.82, 2.24) is 15.5 Å². The Morgan fingerprint density at radius 2 is 1.75 bits per heavy atom. The van der Waals surface area contributed by atoms with Crippen molar-refractivity contribution >= 4 is 35.9 Å². The molecule has 1 aliphatic carbocycles. The predicted octanol–water partition coefficient (Wildman–Crippen LogP) is 3.40. The first kappa shape index (κ1) is 25.5. The SMILES string of the molecule is CCNC(=NCCC1CCN(CC)CC1)NC1CCC(C(=O)OCC)CC1.I. The lowest BCUT2D eigenvalue weighted by Gasteiger charge is -2.31. The Morgan fingerprint density at radius 1 is 1.07 bits per heavy atom. The Bertz CT molecular complexity index is 459. The van der Waals surface area contributed by atoms with Crippen LogP contribution in [0.25, 0.3) is 0 Å². The fourth-order valence-corrected chi connectivity index (χ4v) is 4.20. The van der Waals surface area contributed by atoms with E-state index >= 15 is 0 Å². The number of carbonyl (C=O) groups excluding carboxylic acids is 1. The smallest absolute Gasteiger partial charge is 0.308 e. The molecule has 0 aromatic rings. The minimum absolute atomic E-state index is 0. The van der Waals surface area contributed by atoms with Crippen molar-refractivity contribution in [2.45, 2.75) is 71.8 Å². The average molecular weight is 508 g/mol. The lowest BCUT2D eigenvalue weighted by molar-refractivity contribution is -0.149. The molecule has 0 aromatic heterocycles. The van der Waals surface area contributed by atoms with Gasteiger partial charge in [0.15, 0.2) is 5.96 Å². The number of halogens is 1. The molecule has 1 saturated carbocycles. The number of hydrogen-bond donors (Lipinski definition) is 2. The van der Waals surface area contributed by atoms with Gasteiger partial charge in [-0.1, -0.05) is 6.92 Å². The number of ether oxygens (including phenoxy) is 1. The van der Waals surface area contributed by atoms with Gasteiger partial charge >= 0.3 is 5.97 Å². The third kappa shape index (κ3) is 8.84. The van der Waals surface area contributed by atoms with Gasteiger partial charge in [0.05, 0.1) is 12.5 Å². The van der Waals surface area contributed by atoms with Crippen molar-refractivity contribution in [2.24, 2.45) is 16.8 Å². The molecule has 0 radical (unpaired) electrons. The minimum atomic E-state index is -0.0226. The van der Waals surface area contributed by atoms with Crippen LogP contribution in [0.1, 0.15) is 65.7 Å². The van der Waals surface area contributed by atoms with Crippen LogP contribution >= 0.6 is 24.0 Å². The van der Waals surface area contributed by atoms with E-state index in [0.717, 1.165) is 50.7 Å². The maximum absolute atomic E-state index is 11.9. The van der Waals surface area contributed by atoms with Crippen molar-refractivity contribution in [2.75, 3.05) is 39.3 Å². The second-order valence-corrected chi connectivity index (χ2v) is 7.87. The number of nitrogens with zero attached hydrogens (tertiary/aromatic N) is 2. The lowest BCUT2D eigenvalue weighted by Crippen LogP contribution is -2.45. The number of likely N-dealkylation sites (tertiary alicyclic amines) is 1. The van der Waals surface area contributed by atoms with Crippen LogP contribution in [0.3, 0.4) is 0 Å². The highest BCUT2D eigenvalue weighted by atomic mass is 127. The molecule has 0 atom stereocenters. The summed E-state index contributed by atoms with van der Waals surface area (Å²) in [5, 5.41) is 6.96. The monoisotopic (exact) mass is 508 g/mol. The first-order valence-electron chi connectivity index (χ1n) is 11.1. The summed E-state index contributed by atoms with van der Waals surface area (Å²) in [6.45, 7) is 12.1. The van der Waals surface area contributed by atoms with Crippen LogP contribution in [0.4, 0.5) is 0 Å². The molecule has 2 fully saturated rings. The van der Waals surface area contributed by atoms with E-state index in [0.29, 0.717) is 12.6 Å². The summed E-state index contributed by atoms with van der Waals surface area (Å²) in [4.78, 5) is 19.2. The summed E-state index contributed by atoms with van der Waals surface area (Å²) in [7, 11) is 0. The summed E-state index contributed by atoms with van der Waals surface area (Å²) in [6.07, 6.45) is 7.63. The van der Waals surface area contributed by atoms with E-state index in [-0.39, 0.29) is 35.9 Å². The third-order valence-electron chi connectivity index (χ3n) is 5.99. The van der Waals surface area contributed by atoms with E-state index in [9.17, 15) is 4.79 Å². The number of hydrogen-bond acceptors (Lipinski definition) is 4. The molecule has 0 amide bonds. The molecule has 1 heterocycles. The first-order valence-corrected chi connectivity index (χ1v) is 11.1. The number of rotatable bonds is 8. The average Bonchev–Trinajstić information content (AvgIpc) is 2.69. The van der Waals surface area contributed by atoms with Crippen LogP contribution in [0.15, 0.2) is 4.99 Å². The quantitative estimate of drug-likeness (QED) is 0.228. The van der Waals surface area contributed by atoms with Gasteiger partial charge in [0.25, 0.3) is 0 Å². The molecular weight excluding hydrogens is 467 g/mol. The van der Waals surface area contributed by atoms with Crippen LogP contribution in [-0.2, 0) is 9.53 Å². The molecule has 6 nitrogen and oxygen atoms in total. The molecule has 2 rings (SSSR count). The Morgan fingerprint density at radius 3 is 2.32 bits per heavy atom. The van der Waals surface area contributed by atoms with E-state index in [2.05, 4.69) is 29.4 Å². The van der Waals surface area contributed by atoms with Crippen LogP contribution in [0.2, 0.25) is 0 Å². The number of esters is 1. The molecule has 1 aliphatic heterocycles. The van der Waals surface area contributed by atoms with Crippen molar-refractivity contribution in [3.63, 3.8) is 0 Å². The molecule has 2 N–H and O–H groups in total. The second-order valence-electron chi connectivity index (χ2n) is 7.87. The zero-order valence-corrected chi connectivity index (χ0v) is 20.4. The molecule has 28 heavy (non-hydrogen) atoms. The summed E-state index contributed by atoms with van der Waals surface area (Å²) in [6, 6.07) is 0.404. The van der Waals surface area contributed by atoms with E-state index in [4.69, 9.17) is 9.73 Å². The van der Waals surface area contributed by atoms with Gasteiger partial charge in [0.1, 0.15) is 0 Å². The summed E-state index contributed by atoms with van der Waals surface area (Å²) >= 11 is 0. The fourth-order valence-electron chi connectivity index (χ4n) is 4.20. The summed E-state index contributed by atoms with van der Waals surface area (Å²) in [5.74, 6) is 1.81. The maximum atomic E-state index is 11.9. The van der Waals surface area contributed by atoms with Gasteiger partial charge in [-0.15, -0.1) is 24.0 Å². The third-order valence-corrected chi connectivity index (χ3v) is 5.99. The van der Waals surface area contributed by atoms with Gasteiger partial charge < -0.3 is 20.3 Å². The summed E-state index contributed by atoms with van der Waals surface area (Å²) in [5.41, 5.74) is 0. The van der Waals surface area contributed by atoms with Crippen LogP contribution < -0.4 is 10.6 Å². The van der Waals surface area contributed by atoms with Gasteiger partial charge in [0, 0.05) is 19.1 Å². The number of aliphatic imine (C=N–C) groups is 1. The Kier molecular flexibility index (Phi) is 13.1. The molecule has 0 aromatic carbocycles. The van der Waals surface area contributed by atoms with Gasteiger partial charge in [0.2, 0.25) is 0 Å². The zero-order valence-electron chi connectivity index (χ0n) is 18.0. The Hall–Kier alpha value is -0.570. The van der Waals surface area contributed by atoms with Crippen molar-refractivity contribution in [3.05, 3.63) is 0 Å². The Labute approximate surface area is 188 Å². The molecule has 7 heteroatoms. The van der Waals surface area contributed by atoms with E-state index in [1.54, 1.807) is 0 Å². The van der Waals surface area contributed by atoms with Crippen LogP contribution in [0, 0.1) is 11.8 Å². The number of carbonyl (C=O) groups is 1. The standard InChI is InChI=1S/C21H40N4O2.HI/c1-4-22-21(23-14-11-17-12-15-25(5-2)16-13-17)24-19-9-7-18(8-10-19)20(26)27-6-3;/h17-19H,4-16H2,1-3H3,(H2,22,23,24);1H.